The molecule has 0 fully saturated rings. The van der Waals surface area contributed by atoms with E-state index in [2.05, 4.69) is 5.16 Å². The van der Waals surface area contributed by atoms with E-state index in [-0.39, 0.29) is 13.0 Å². The van der Waals surface area contributed by atoms with Crippen LogP contribution in [-0.2, 0) is 11.2 Å². The molecule has 5 nitrogen and oxygen atoms in total. The summed E-state index contributed by atoms with van der Waals surface area (Å²) in [6.45, 7) is 0.933. The summed E-state index contributed by atoms with van der Waals surface area (Å²) in [7, 11) is 0. The second kappa shape index (κ2) is 6.05. The average Bonchev–Trinajstić information content (AvgIpc) is 2.58. The van der Waals surface area contributed by atoms with Gasteiger partial charge in [0, 0.05) is 12.1 Å². The minimum atomic E-state index is -4.50. The van der Waals surface area contributed by atoms with Crippen molar-refractivity contribution in [2.45, 2.75) is 26.4 Å². The molecule has 0 aliphatic heterocycles. The zero-order valence-corrected chi connectivity index (χ0v) is 10.6. The van der Waals surface area contributed by atoms with Crippen molar-refractivity contribution in [1.29, 1.82) is 0 Å². The van der Waals surface area contributed by atoms with Crippen LogP contribution in [0, 0.1) is 13.8 Å². The molecule has 0 aromatic carbocycles. The lowest BCUT2D eigenvalue weighted by atomic mass is 10.1. The number of aliphatic hydroxyl groups excluding tert-OH is 1. The van der Waals surface area contributed by atoms with Crippen LogP contribution in [-0.4, -0.2) is 46.9 Å². The first kappa shape index (κ1) is 15.5. The van der Waals surface area contributed by atoms with Crippen LogP contribution in [0.2, 0.25) is 0 Å². The highest BCUT2D eigenvalue weighted by atomic mass is 19.4. The molecule has 1 aromatic heterocycles. The van der Waals surface area contributed by atoms with Crippen LogP contribution in [0.3, 0.4) is 0 Å². The molecule has 1 heterocycles. The van der Waals surface area contributed by atoms with E-state index < -0.39 is 25.2 Å². The summed E-state index contributed by atoms with van der Waals surface area (Å²) in [5, 5.41) is 12.4. The summed E-state index contributed by atoms with van der Waals surface area (Å²) in [4.78, 5) is 12.4. The molecule has 0 bridgehead atoms. The Hall–Kier alpha value is -1.57. The van der Waals surface area contributed by atoms with Gasteiger partial charge in [0.25, 0.3) is 0 Å². The Bertz CT molecular complexity index is 423. The van der Waals surface area contributed by atoms with Crippen LogP contribution in [0.15, 0.2) is 4.52 Å². The zero-order valence-electron chi connectivity index (χ0n) is 10.6. The Kier molecular flexibility index (Phi) is 4.93. The van der Waals surface area contributed by atoms with E-state index in [4.69, 9.17) is 9.63 Å². The third-order valence-corrected chi connectivity index (χ3v) is 2.60. The Balaban J connectivity index is 2.78. The predicted molar refractivity (Wildman–Crippen MR) is 59.4 cm³/mol. The minimum absolute atomic E-state index is 0.225. The fourth-order valence-corrected chi connectivity index (χ4v) is 1.65. The van der Waals surface area contributed by atoms with E-state index in [0.29, 0.717) is 21.9 Å². The first-order valence-electron chi connectivity index (χ1n) is 5.61. The highest BCUT2D eigenvalue weighted by Crippen LogP contribution is 2.18. The average molecular weight is 280 g/mol. The number of rotatable bonds is 5. The molecule has 0 spiro atoms. The van der Waals surface area contributed by atoms with Gasteiger partial charge >= 0.3 is 6.18 Å². The van der Waals surface area contributed by atoms with Gasteiger partial charge in [0.05, 0.1) is 18.7 Å². The molecule has 1 aromatic rings. The van der Waals surface area contributed by atoms with Gasteiger partial charge in [0.2, 0.25) is 5.91 Å². The zero-order chi connectivity index (χ0) is 14.6. The Morgan fingerprint density at radius 1 is 1.42 bits per heavy atom. The molecule has 19 heavy (non-hydrogen) atoms. The third-order valence-electron chi connectivity index (χ3n) is 2.60. The third kappa shape index (κ3) is 4.55. The molecule has 0 saturated heterocycles. The number of hydrogen-bond donors (Lipinski definition) is 1. The SMILES string of the molecule is Cc1noc(C)c1CC(=O)N(CCO)CC(F)(F)F. The summed E-state index contributed by atoms with van der Waals surface area (Å²) in [5.74, 6) is -0.317. The molecular formula is C11H15F3N2O3. The van der Waals surface area contributed by atoms with Gasteiger partial charge in [-0.05, 0) is 13.8 Å². The lowest BCUT2D eigenvalue weighted by Crippen LogP contribution is -2.41. The lowest BCUT2D eigenvalue weighted by molar-refractivity contribution is -0.161. The number of carbonyl (C=O) groups is 1. The summed E-state index contributed by atoms with van der Waals surface area (Å²) in [6, 6.07) is 0. The fourth-order valence-electron chi connectivity index (χ4n) is 1.65. The molecule has 0 aliphatic carbocycles. The monoisotopic (exact) mass is 280 g/mol. The summed E-state index contributed by atoms with van der Waals surface area (Å²) < 4.78 is 41.8. The maximum Gasteiger partial charge on any atom is 0.406 e. The Morgan fingerprint density at radius 2 is 2.05 bits per heavy atom. The molecule has 0 radical (unpaired) electrons. The van der Waals surface area contributed by atoms with Gasteiger partial charge in [0.15, 0.2) is 0 Å². The molecule has 1 N–H and O–H groups in total. The lowest BCUT2D eigenvalue weighted by Gasteiger charge is -2.23. The highest BCUT2D eigenvalue weighted by Gasteiger charge is 2.33. The van der Waals surface area contributed by atoms with Gasteiger partial charge in [-0.3, -0.25) is 4.79 Å². The van der Waals surface area contributed by atoms with Gasteiger partial charge in [-0.2, -0.15) is 13.2 Å². The van der Waals surface area contributed by atoms with Crippen molar-refractivity contribution in [3.8, 4) is 0 Å². The van der Waals surface area contributed by atoms with Crippen LogP contribution >= 0.6 is 0 Å². The quantitative estimate of drug-likeness (QED) is 0.880. The molecule has 0 aliphatic rings. The van der Waals surface area contributed by atoms with Crippen molar-refractivity contribution in [3.05, 3.63) is 17.0 Å². The molecule has 108 valence electrons. The number of amides is 1. The van der Waals surface area contributed by atoms with Crippen LogP contribution in [0.5, 0.6) is 0 Å². The van der Waals surface area contributed by atoms with Crippen molar-refractivity contribution < 1.29 is 27.6 Å². The fraction of sp³-hybridized carbons (Fsp3) is 0.636. The second-order valence-electron chi connectivity index (χ2n) is 4.13. The van der Waals surface area contributed by atoms with E-state index in [1.165, 1.54) is 0 Å². The van der Waals surface area contributed by atoms with Crippen molar-refractivity contribution in [1.82, 2.24) is 10.1 Å². The molecule has 1 amide bonds. The predicted octanol–water partition coefficient (Wildman–Crippen LogP) is 1.22. The first-order valence-corrected chi connectivity index (χ1v) is 5.61. The van der Waals surface area contributed by atoms with Crippen LogP contribution in [0.1, 0.15) is 17.0 Å². The normalized spacial score (nSPS) is 11.7. The van der Waals surface area contributed by atoms with Gasteiger partial charge in [0.1, 0.15) is 12.3 Å². The summed E-state index contributed by atoms with van der Waals surface area (Å²) >= 11 is 0. The van der Waals surface area contributed by atoms with Gasteiger partial charge in [-0.1, -0.05) is 5.16 Å². The number of halogens is 3. The number of aromatic nitrogens is 1. The van der Waals surface area contributed by atoms with E-state index in [9.17, 15) is 18.0 Å². The Morgan fingerprint density at radius 3 is 2.47 bits per heavy atom. The van der Waals surface area contributed by atoms with E-state index in [1.54, 1.807) is 13.8 Å². The van der Waals surface area contributed by atoms with Crippen LogP contribution in [0.25, 0.3) is 0 Å². The Labute approximate surface area is 108 Å². The van der Waals surface area contributed by atoms with Crippen LogP contribution < -0.4 is 0 Å². The van der Waals surface area contributed by atoms with E-state index in [0.717, 1.165) is 0 Å². The molecule has 1 rings (SSSR count). The maximum atomic E-state index is 12.3. The molecular weight excluding hydrogens is 265 g/mol. The topological polar surface area (TPSA) is 66.6 Å². The standard InChI is InChI=1S/C11H15F3N2O3/c1-7-9(8(2)19-15-7)5-10(18)16(3-4-17)6-11(12,13)14/h17H,3-6H2,1-2H3. The molecule has 0 unspecified atom stereocenters. The number of alkyl halides is 3. The number of aryl methyl sites for hydroxylation is 2. The maximum absolute atomic E-state index is 12.3. The molecule has 0 atom stereocenters. The van der Waals surface area contributed by atoms with Gasteiger partial charge in [-0.15, -0.1) is 0 Å². The summed E-state index contributed by atoms with van der Waals surface area (Å²) in [5.41, 5.74) is 0.955. The number of nitrogens with zero attached hydrogens (tertiary/aromatic N) is 2. The van der Waals surface area contributed by atoms with Gasteiger partial charge < -0.3 is 14.5 Å². The number of hydrogen-bond acceptors (Lipinski definition) is 4. The van der Waals surface area contributed by atoms with Crippen molar-refractivity contribution >= 4 is 5.91 Å². The first-order chi connectivity index (χ1) is 8.74. The van der Waals surface area contributed by atoms with Crippen molar-refractivity contribution in [2.75, 3.05) is 19.7 Å². The second-order valence-corrected chi connectivity index (χ2v) is 4.13. The van der Waals surface area contributed by atoms with Crippen molar-refractivity contribution in [2.24, 2.45) is 0 Å². The number of aliphatic hydroxyl groups is 1. The van der Waals surface area contributed by atoms with E-state index >= 15 is 0 Å². The van der Waals surface area contributed by atoms with Crippen LogP contribution in [0.4, 0.5) is 13.2 Å². The molecule has 8 heteroatoms. The minimum Gasteiger partial charge on any atom is -0.395 e. The highest BCUT2D eigenvalue weighted by molar-refractivity contribution is 5.79. The van der Waals surface area contributed by atoms with Gasteiger partial charge in [-0.25, -0.2) is 0 Å². The van der Waals surface area contributed by atoms with E-state index in [1.807, 2.05) is 0 Å². The van der Waals surface area contributed by atoms with Crippen molar-refractivity contribution in [3.63, 3.8) is 0 Å². The number of carbonyl (C=O) groups excluding carboxylic acids is 1. The smallest absolute Gasteiger partial charge is 0.395 e. The largest absolute Gasteiger partial charge is 0.406 e. The molecule has 0 saturated carbocycles. The summed E-state index contributed by atoms with van der Waals surface area (Å²) in [6.07, 6.45) is -4.72.